The molecule has 0 bridgehead atoms. The van der Waals surface area contributed by atoms with E-state index in [1.54, 1.807) is 11.9 Å². The van der Waals surface area contributed by atoms with E-state index >= 15 is 0 Å². The number of nitrogens with zero attached hydrogens (tertiary/aromatic N) is 3. The molecule has 0 aliphatic heterocycles. The molecule has 0 amide bonds. The van der Waals surface area contributed by atoms with Crippen molar-refractivity contribution in [1.82, 2.24) is 9.97 Å². The maximum Gasteiger partial charge on any atom is 0.451 e. The first kappa shape index (κ1) is 14.8. The highest BCUT2D eigenvalue weighted by atomic mass is 19.4. The molecule has 1 heterocycles. The Kier molecular flexibility index (Phi) is 4.32. The third-order valence-corrected chi connectivity index (χ3v) is 3.00. The molecule has 0 saturated heterocycles. The van der Waals surface area contributed by atoms with Gasteiger partial charge < -0.3 is 15.4 Å². The molecule has 0 atom stereocenters. The predicted molar refractivity (Wildman–Crippen MR) is 68.3 cm³/mol. The van der Waals surface area contributed by atoms with E-state index in [0.717, 1.165) is 0 Å². The summed E-state index contributed by atoms with van der Waals surface area (Å²) in [6.45, 7) is 1.60. The molecule has 0 unspecified atom stereocenters. The van der Waals surface area contributed by atoms with Gasteiger partial charge in [-0.1, -0.05) is 0 Å². The molecule has 8 heteroatoms. The van der Waals surface area contributed by atoms with Crippen molar-refractivity contribution >= 4 is 11.6 Å². The van der Waals surface area contributed by atoms with Crippen LogP contribution < -0.4 is 10.6 Å². The number of halogens is 3. The van der Waals surface area contributed by atoms with Crippen molar-refractivity contribution in [2.45, 2.75) is 19.0 Å². The zero-order valence-corrected chi connectivity index (χ0v) is 11.2. The minimum atomic E-state index is -4.60. The summed E-state index contributed by atoms with van der Waals surface area (Å²) in [5.41, 5.74) is 5.39. The van der Waals surface area contributed by atoms with Crippen molar-refractivity contribution in [2.75, 3.05) is 37.4 Å². The number of alkyl halides is 3. The summed E-state index contributed by atoms with van der Waals surface area (Å²) in [6, 6.07) is 1.32. The van der Waals surface area contributed by atoms with E-state index in [1.165, 1.54) is 18.9 Å². The van der Waals surface area contributed by atoms with Crippen LogP contribution in [0.5, 0.6) is 0 Å². The van der Waals surface area contributed by atoms with E-state index in [-0.39, 0.29) is 11.6 Å². The maximum atomic E-state index is 12.6. The van der Waals surface area contributed by atoms with Gasteiger partial charge in [-0.25, -0.2) is 9.97 Å². The van der Waals surface area contributed by atoms with Crippen LogP contribution in [0.25, 0.3) is 0 Å². The lowest BCUT2D eigenvalue weighted by Gasteiger charge is -2.19. The van der Waals surface area contributed by atoms with Gasteiger partial charge in [-0.3, -0.25) is 0 Å². The Morgan fingerprint density at radius 3 is 2.70 bits per heavy atom. The van der Waals surface area contributed by atoms with Crippen molar-refractivity contribution < 1.29 is 17.9 Å². The first-order valence-electron chi connectivity index (χ1n) is 6.37. The summed E-state index contributed by atoms with van der Waals surface area (Å²) in [4.78, 5) is 8.25. The quantitative estimate of drug-likeness (QED) is 0.811. The SMILES string of the molecule is CN(CCOCC1CC1)c1cc(N)nc(C(F)(F)F)n1. The maximum absolute atomic E-state index is 12.6. The summed E-state index contributed by atoms with van der Waals surface area (Å²) < 4.78 is 43.2. The van der Waals surface area contributed by atoms with Crippen molar-refractivity contribution in [3.05, 3.63) is 11.9 Å². The van der Waals surface area contributed by atoms with Crippen molar-refractivity contribution in [1.29, 1.82) is 0 Å². The summed E-state index contributed by atoms with van der Waals surface area (Å²) in [7, 11) is 1.64. The number of nitrogens with two attached hydrogens (primary N) is 1. The summed E-state index contributed by atoms with van der Waals surface area (Å²) in [6.07, 6.45) is -2.20. The number of likely N-dealkylation sites (N-methyl/N-ethyl adjacent to an activating group) is 1. The smallest absolute Gasteiger partial charge is 0.384 e. The molecule has 0 aromatic carbocycles. The van der Waals surface area contributed by atoms with Gasteiger partial charge in [0.2, 0.25) is 5.82 Å². The zero-order chi connectivity index (χ0) is 14.8. The number of hydrogen-bond acceptors (Lipinski definition) is 5. The van der Waals surface area contributed by atoms with Gasteiger partial charge in [-0.2, -0.15) is 13.2 Å². The standard InChI is InChI=1S/C12H17F3N4O/c1-19(4-5-20-7-8-2-3-8)10-6-9(16)17-11(18-10)12(13,14)15/h6,8H,2-5,7H2,1H3,(H2,16,17,18). The third kappa shape index (κ3) is 4.22. The van der Waals surface area contributed by atoms with Gasteiger partial charge in [0, 0.05) is 26.3 Å². The van der Waals surface area contributed by atoms with E-state index in [2.05, 4.69) is 9.97 Å². The number of anilines is 2. The molecular formula is C12H17F3N4O. The minimum Gasteiger partial charge on any atom is -0.384 e. The fourth-order valence-electron chi connectivity index (χ4n) is 1.63. The molecule has 0 spiro atoms. The Morgan fingerprint density at radius 1 is 1.40 bits per heavy atom. The van der Waals surface area contributed by atoms with E-state index < -0.39 is 12.0 Å². The predicted octanol–water partition coefficient (Wildman–Crippen LogP) is 1.94. The number of nitrogen functional groups attached to an aromatic ring is 1. The van der Waals surface area contributed by atoms with Gasteiger partial charge in [0.15, 0.2) is 0 Å². The summed E-state index contributed by atoms with van der Waals surface area (Å²) in [5.74, 6) is -0.627. The van der Waals surface area contributed by atoms with E-state index in [4.69, 9.17) is 10.5 Å². The molecule has 1 aliphatic carbocycles. The van der Waals surface area contributed by atoms with Gasteiger partial charge in [0.1, 0.15) is 11.6 Å². The molecule has 1 aromatic rings. The van der Waals surface area contributed by atoms with Gasteiger partial charge in [0.05, 0.1) is 6.61 Å². The van der Waals surface area contributed by atoms with Crippen LogP contribution in [0.3, 0.4) is 0 Å². The van der Waals surface area contributed by atoms with Crippen molar-refractivity contribution in [2.24, 2.45) is 5.92 Å². The Labute approximate surface area is 114 Å². The first-order valence-corrected chi connectivity index (χ1v) is 6.37. The molecule has 112 valence electrons. The topological polar surface area (TPSA) is 64.3 Å². The van der Waals surface area contributed by atoms with Crippen molar-refractivity contribution in [3.8, 4) is 0 Å². The second-order valence-corrected chi connectivity index (χ2v) is 4.91. The lowest BCUT2D eigenvalue weighted by atomic mass is 10.4. The zero-order valence-electron chi connectivity index (χ0n) is 11.2. The third-order valence-electron chi connectivity index (χ3n) is 3.00. The highest BCUT2D eigenvalue weighted by Crippen LogP contribution is 2.29. The van der Waals surface area contributed by atoms with Crippen LogP contribution in [0.2, 0.25) is 0 Å². The largest absolute Gasteiger partial charge is 0.451 e. The molecule has 0 radical (unpaired) electrons. The van der Waals surface area contributed by atoms with Gasteiger partial charge in [0.25, 0.3) is 0 Å². The average molecular weight is 290 g/mol. The fraction of sp³-hybridized carbons (Fsp3) is 0.667. The normalized spacial score (nSPS) is 15.4. The van der Waals surface area contributed by atoms with Gasteiger partial charge >= 0.3 is 6.18 Å². The average Bonchev–Trinajstić information content (AvgIpc) is 3.16. The summed E-state index contributed by atoms with van der Waals surface area (Å²) >= 11 is 0. The lowest BCUT2D eigenvalue weighted by molar-refractivity contribution is -0.144. The molecule has 2 rings (SSSR count). The van der Waals surface area contributed by atoms with Crippen LogP contribution in [0.15, 0.2) is 6.07 Å². The number of ether oxygens (including phenoxy) is 1. The molecule has 5 nitrogen and oxygen atoms in total. The first-order chi connectivity index (χ1) is 9.36. The lowest BCUT2D eigenvalue weighted by Crippen LogP contribution is -2.25. The Bertz CT molecular complexity index is 463. The second-order valence-electron chi connectivity index (χ2n) is 4.91. The number of aromatic nitrogens is 2. The van der Waals surface area contributed by atoms with Crippen LogP contribution in [-0.4, -0.2) is 36.8 Å². The van der Waals surface area contributed by atoms with Gasteiger partial charge in [-0.15, -0.1) is 0 Å². The van der Waals surface area contributed by atoms with Crippen molar-refractivity contribution in [3.63, 3.8) is 0 Å². The van der Waals surface area contributed by atoms with E-state index in [9.17, 15) is 13.2 Å². The van der Waals surface area contributed by atoms with Crippen LogP contribution in [0.1, 0.15) is 18.7 Å². The fourth-order valence-corrected chi connectivity index (χ4v) is 1.63. The minimum absolute atomic E-state index is 0.139. The number of rotatable bonds is 6. The second kappa shape index (κ2) is 5.82. The highest BCUT2D eigenvalue weighted by molar-refractivity contribution is 5.46. The van der Waals surface area contributed by atoms with Gasteiger partial charge in [-0.05, 0) is 18.8 Å². The molecule has 2 N–H and O–H groups in total. The molecule has 1 aliphatic rings. The van der Waals surface area contributed by atoms with Crippen LogP contribution in [0.4, 0.5) is 24.8 Å². The molecule has 1 saturated carbocycles. The molecule has 1 aromatic heterocycles. The van der Waals surface area contributed by atoms with Crippen LogP contribution in [0, 0.1) is 5.92 Å². The van der Waals surface area contributed by atoms with E-state index in [0.29, 0.717) is 25.7 Å². The monoisotopic (exact) mass is 290 g/mol. The van der Waals surface area contributed by atoms with Crippen LogP contribution in [-0.2, 0) is 10.9 Å². The molecule has 1 fully saturated rings. The Morgan fingerprint density at radius 2 is 2.10 bits per heavy atom. The molecular weight excluding hydrogens is 273 g/mol. The van der Waals surface area contributed by atoms with E-state index in [1.807, 2.05) is 0 Å². The van der Waals surface area contributed by atoms with Crippen LogP contribution >= 0.6 is 0 Å². The number of hydrogen-bond donors (Lipinski definition) is 1. The Balaban J connectivity index is 1.93. The molecule has 20 heavy (non-hydrogen) atoms. The Hall–Kier alpha value is -1.57. The highest BCUT2D eigenvalue weighted by Gasteiger charge is 2.35. The summed E-state index contributed by atoms with van der Waals surface area (Å²) in [5, 5.41) is 0.